The summed E-state index contributed by atoms with van der Waals surface area (Å²) in [7, 11) is 0. The molecular weight excluding hydrogens is 542 g/mol. The van der Waals surface area contributed by atoms with E-state index in [4.69, 9.17) is 0 Å². The molecule has 0 unspecified atom stereocenters. The summed E-state index contributed by atoms with van der Waals surface area (Å²) in [5, 5.41) is 70.0. The fraction of sp³-hybridized carbons (Fsp3) is 0.548. The third-order valence-corrected chi connectivity index (χ3v) is 7.56. The Kier molecular flexibility index (Phi) is 12.7. The number of amides is 2. The molecule has 5 atom stereocenters. The summed E-state index contributed by atoms with van der Waals surface area (Å²) >= 11 is 0. The number of carbonyl (C=O) groups is 2. The van der Waals surface area contributed by atoms with Crippen LogP contribution in [0, 0.1) is 0 Å². The lowest BCUT2D eigenvalue weighted by Crippen LogP contribution is -2.66. The topological polar surface area (TPSA) is 180 Å². The molecular formula is C31H45N3O8-2. The minimum atomic E-state index is -1.63. The number of benzene rings is 2. The van der Waals surface area contributed by atoms with Crippen molar-refractivity contribution in [3.63, 3.8) is 0 Å². The van der Waals surface area contributed by atoms with Gasteiger partial charge in [0.25, 0.3) is 0 Å². The molecule has 0 aromatic heterocycles. The van der Waals surface area contributed by atoms with Gasteiger partial charge in [0.1, 0.15) is 12.2 Å². The molecule has 2 rings (SSSR count). The number of hydrogen-bond acceptors (Lipinski definition) is 9. The number of aliphatic hydroxyl groups is 4. The molecule has 11 heteroatoms. The van der Waals surface area contributed by atoms with Crippen LogP contribution >= 0.6 is 0 Å². The Morgan fingerprint density at radius 1 is 0.738 bits per heavy atom. The van der Waals surface area contributed by atoms with Crippen molar-refractivity contribution >= 4 is 12.2 Å². The Labute approximate surface area is 248 Å². The summed E-state index contributed by atoms with van der Waals surface area (Å²) in [6, 6.07) is 16.0. The van der Waals surface area contributed by atoms with Gasteiger partial charge in [-0.2, -0.15) is 0 Å². The van der Waals surface area contributed by atoms with Crippen molar-refractivity contribution in [2.24, 2.45) is 0 Å². The standard InChI is InChI=1S/C31H47N3O8/c1-30(2,3)33(28(39)40)23(16-21-12-8-6-9-13-21)25(36)18-32-19-26(37)24(17-22-14-10-7-11-15-22)34(29(41)42)31(4,5)27(38)20-35/h6-15,23-27,32,35-38H,16-20H2,1-5H3,(H,39,40)(H,41,42)/p-2/t23-,24-,25+,26+,27-/m0/s1. The van der Waals surface area contributed by atoms with Crippen molar-refractivity contribution in [3.05, 3.63) is 71.8 Å². The minimum Gasteiger partial charge on any atom is -0.530 e. The molecule has 2 amide bonds. The third kappa shape index (κ3) is 9.40. The number of aliphatic hydroxyl groups excluding tert-OH is 4. The second-order valence-electron chi connectivity index (χ2n) is 12.1. The summed E-state index contributed by atoms with van der Waals surface area (Å²) in [6.45, 7) is 6.97. The first kappa shape index (κ1) is 35.0. The molecule has 2 aromatic rings. The molecule has 42 heavy (non-hydrogen) atoms. The van der Waals surface area contributed by atoms with E-state index in [0.29, 0.717) is 0 Å². The van der Waals surface area contributed by atoms with Crippen molar-refractivity contribution in [1.29, 1.82) is 0 Å². The third-order valence-electron chi connectivity index (χ3n) is 7.56. The van der Waals surface area contributed by atoms with Crippen LogP contribution in [0.5, 0.6) is 0 Å². The van der Waals surface area contributed by atoms with E-state index in [2.05, 4.69) is 5.32 Å². The van der Waals surface area contributed by atoms with Crippen LogP contribution in [0.15, 0.2) is 60.7 Å². The van der Waals surface area contributed by atoms with Gasteiger partial charge in [-0.15, -0.1) is 0 Å². The fourth-order valence-electron chi connectivity index (χ4n) is 5.25. The van der Waals surface area contributed by atoms with E-state index in [1.165, 1.54) is 13.8 Å². The first-order valence-corrected chi connectivity index (χ1v) is 14.1. The van der Waals surface area contributed by atoms with Crippen LogP contribution in [0.2, 0.25) is 0 Å². The number of nitrogens with zero attached hydrogens (tertiary/aromatic N) is 2. The highest BCUT2D eigenvalue weighted by atomic mass is 16.4. The minimum absolute atomic E-state index is 0.0704. The van der Waals surface area contributed by atoms with Gasteiger partial charge in [-0.25, -0.2) is 0 Å². The van der Waals surface area contributed by atoms with E-state index >= 15 is 0 Å². The predicted molar refractivity (Wildman–Crippen MR) is 154 cm³/mol. The Balaban J connectivity index is 2.30. The fourth-order valence-corrected chi connectivity index (χ4v) is 5.25. The van der Waals surface area contributed by atoms with E-state index in [1.54, 1.807) is 51.1 Å². The number of carbonyl (C=O) groups excluding carboxylic acids is 2. The normalized spacial score (nSPS) is 15.7. The number of carboxylic acid groups (broad SMARTS) is 2. The summed E-state index contributed by atoms with van der Waals surface area (Å²) in [5.41, 5.74) is -0.863. The average Bonchev–Trinajstić information content (AvgIpc) is 2.91. The van der Waals surface area contributed by atoms with Crippen LogP contribution in [0.3, 0.4) is 0 Å². The highest BCUT2D eigenvalue weighted by Gasteiger charge is 2.41. The maximum absolute atomic E-state index is 12.4. The Bertz CT molecular complexity index is 1110. The average molecular weight is 588 g/mol. The molecule has 0 saturated carbocycles. The largest absolute Gasteiger partial charge is 0.530 e. The molecule has 0 spiro atoms. The van der Waals surface area contributed by atoms with E-state index in [9.17, 15) is 40.2 Å². The number of rotatable bonds is 15. The first-order chi connectivity index (χ1) is 19.6. The highest BCUT2D eigenvalue weighted by Crippen LogP contribution is 2.26. The molecule has 234 valence electrons. The van der Waals surface area contributed by atoms with Crippen LogP contribution in [-0.2, 0) is 12.8 Å². The van der Waals surface area contributed by atoms with Gasteiger partial charge >= 0.3 is 0 Å². The molecule has 0 aliphatic heterocycles. The smallest absolute Gasteiger partial charge is 0.137 e. The quantitative estimate of drug-likeness (QED) is 0.188. The number of hydrogen-bond donors (Lipinski definition) is 5. The zero-order chi connectivity index (χ0) is 31.7. The highest BCUT2D eigenvalue weighted by molar-refractivity contribution is 5.65. The van der Waals surface area contributed by atoms with E-state index in [-0.39, 0.29) is 25.9 Å². The van der Waals surface area contributed by atoms with Crippen molar-refractivity contribution in [2.75, 3.05) is 19.7 Å². The molecule has 0 bridgehead atoms. The van der Waals surface area contributed by atoms with E-state index in [0.717, 1.165) is 20.9 Å². The van der Waals surface area contributed by atoms with Crippen LogP contribution in [0.4, 0.5) is 9.59 Å². The molecule has 11 nitrogen and oxygen atoms in total. The van der Waals surface area contributed by atoms with Gasteiger partial charge in [-0.3, -0.25) is 0 Å². The maximum Gasteiger partial charge on any atom is 0.137 e. The second kappa shape index (κ2) is 15.3. The van der Waals surface area contributed by atoms with Crippen LogP contribution < -0.4 is 15.5 Å². The van der Waals surface area contributed by atoms with Crippen molar-refractivity contribution < 1.29 is 40.2 Å². The molecule has 0 saturated heterocycles. The lowest BCUT2D eigenvalue weighted by Gasteiger charge is -2.49. The van der Waals surface area contributed by atoms with Crippen molar-refractivity contribution in [2.45, 2.75) is 88.9 Å². The zero-order valence-corrected chi connectivity index (χ0v) is 25.0. The SMILES string of the molecule is CC(C)(C)N(C(=O)[O-])[C@@H](Cc1ccccc1)[C@H](O)CNC[C@@H](O)[C@H](Cc1ccccc1)N(C(=O)[O-])C(C)(C)[C@@H](O)CO. The van der Waals surface area contributed by atoms with Gasteiger partial charge in [-0.1, -0.05) is 60.7 Å². The molecule has 0 heterocycles. The summed E-state index contributed by atoms with van der Waals surface area (Å²) in [5.74, 6) is 0. The molecule has 5 N–H and O–H groups in total. The van der Waals surface area contributed by atoms with Gasteiger partial charge in [0.05, 0.1) is 42.5 Å². The Morgan fingerprint density at radius 3 is 1.45 bits per heavy atom. The molecule has 2 aromatic carbocycles. The lowest BCUT2D eigenvalue weighted by atomic mass is 9.89. The second-order valence-corrected chi connectivity index (χ2v) is 12.1. The van der Waals surface area contributed by atoms with Gasteiger partial charge in [0.2, 0.25) is 0 Å². The van der Waals surface area contributed by atoms with Gasteiger partial charge in [-0.05, 0) is 58.6 Å². The van der Waals surface area contributed by atoms with Crippen LogP contribution in [0.25, 0.3) is 0 Å². The summed E-state index contributed by atoms with van der Waals surface area (Å²) in [6.07, 6.45) is -6.80. The summed E-state index contributed by atoms with van der Waals surface area (Å²) < 4.78 is 0. The number of nitrogens with one attached hydrogen (secondary N) is 1. The Morgan fingerprint density at radius 2 is 1.12 bits per heavy atom. The van der Waals surface area contributed by atoms with E-state index < -0.39 is 60.3 Å². The Hall–Kier alpha value is -3.22. The van der Waals surface area contributed by atoms with Gasteiger partial charge in [0.15, 0.2) is 0 Å². The van der Waals surface area contributed by atoms with Crippen molar-refractivity contribution in [3.8, 4) is 0 Å². The molecule has 0 fully saturated rings. The van der Waals surface area contributed by atoms with Crippen molar-refractivity contribution in [1.82, 2.24) is 15.1 Å². The molecule has 0 aliphatic carbocycles. The summed E-state index contributed by atoms with van der Waals surface area (Å²) in [4.78, 5) is 26.5. The predicted octanol–water partition coefficient (Wildman–Crippen LogP) is -0.259. The monoisotopic (exact) mass is 587 g/mol. The zero-order valence-electron chi connectivity index (χ0n) is 25.0. The lowest BCUT2D eigenvalue weighted by molar-refractivity contribution is -0.279. The molecule has 0 radical (unpaired) electrons. The van der Waals surface area contributed by atoms with E-state index in [1.807, 2.05) is 30.3 Å². The van der Waals surface area contributed by atoms with Gasteiger partial charge in [0, 0.05) is 18.6 Å². The first-order valence-electron chi connectivity index (χ1n) is 14.1. The van der Waals surface area contributed by atoms with Crippen LogP contribution in [0.1, 0.15) is 45.7 Å². The molecule has 0 aliphatic rings. The van der Waals surface area contributed by atoms with Gasteiger partial charge < -0.3 is 55.3 Å². The van der Waals surface area contributed by atoms with Crippen LogP contribution in [-0.4, -0.2) is 104 Å². The maximum atomic E-state index is 12.4.